The summed E-state index contributed by atoms with van der Waals surface area (Å²) in [6.07, 6.45) is 0. The van der Waals surface area contributed by atoms with Gasteiger partial charge in [0.2, 0.25) is 0 Å². The number of benzene rings is 1. The molecule has 11 heteroatoms. The Kier molecular flexibility index (Phi) is 10.3. The van der Waals surface area contributed by atoms with Crippen LogP contribution >= 0.6 is 0 Å². The Hall–Kier alpha value is -0.374. The number of carbonyl (C=O) groups is 2. The Morgan fingerprint density at radius 1 is 0.957 bits per heavy atom. The maximum atomic E-state index is 11.9. The van der Waals surface area contributed by atoms with Crippen molar-refractivity contribution in [3.63, 3.8) is 0 Å². The molecule has 124 valence electrons. The molecule has 1 rings (SSSR count). The van der Waals surface area contributed by atoms with E-state index in [1.807, 2.05) is 0 Å². The second-order valence-corrected chi connectivity index (χ2v) is 5.58. The van der Waals surface area contributed by atoms with Gasteiger partial charge in [-0.2, -0.15) is 8.42 Å². The van der Waals surface area contributed by atoms with Crippen LogP contribution in [-0.2, 0) is 19.0 Å². The molecule has 1 aromatic rings. The van der Waals surface area contributed by atoms with Gasteiger partial charge in [0.05, 0.1) is 42.4 Å². The molecular formula is C12H15KO9S. The molecule has 0 aliphatic heterocycles. The molecule has 9 nitrogen and oxygen atoms in total. The molecule has 0 heterocycles. The topological polar surface area (TPSA) is 147 Å². The van der Waals surface area contributed by atoms with Gasteiger partial charge >= 0.3 is 63.3 Å². The third-order valence-electron chi connectivity index (χ3n) is 2.39. The summed E-state index contributed by atoms with van der Waals surface area (Å²) in [7, 11) is -4.33. The molecule has 0 spiro atoms. The first-order chi connectivity index (χ1) is 10.3. The van der Waals surface area contributed by atoms with Crippen LogP contribution in [0.4, 0.5) is 0 Å². The van der Waals surface area contributed by atoms with E-state index < -0.39 is 38.1 Å². The van der Waals surface area contributed by atoms with Crippen molar-refractivity contribution < 1.29 is 42.2 Å². The summed E-state index contributed by atoms with van der Waals surface area (Å²) in [5, 5.41) is 26.2. The number of aromatic carboxylic acids is 2. The summed E-state index contributed by atoms with van der Waals surface area (Å²) in [6, 6.07) is 2.45. The Morgan fingerprint density at radius 3 is 1.91 bits per heavy atom. The number of aliphatic hydroxyl groups is 1. The SMILES string of the molecule is O=C(O)c1cc(C(=O)O)cc(S(=O)(=O)OCCOCCO)c1.[KH]. The van der Waals surface area contributed by atoms with E-state index in [4.69, 9.17) is 20.1 Å². The van der Waals surface area contributed by atoms with Gasteiger partial charge in [-0.15, -0.1) is 0 Å². The van der Waals surface area contributed by atoms with Crippen LogP contribution in [0.1, 0.15) is 20.7 Å². The van der Waals surface area contributed by atoms with Gasteiger partial charge in [0.15, 0.2) is 0 Å². The summed E-state index contributed by atoms with van der Waals surface area (Å²) in [6.45, 7) is -0.678. The quantitative estimate of drug-likeness (QED) is 0.285. The van der Waals surface area contributed by atoms with E-state index in [1.165, 1.54) is 0 Å². The predicted molar refractivity (Wildman–Crippen MR) is 78.6 cm³/mol. The fourth-order valence-corrected chi connectivity index (χ4v) is 2.39. The van der Waals surface area contributed by atoms with Crippen molar-refractivity contribution in [2.75, 3.05) is 26.4 Å². The first kappa shape index (κ1) is 22.6. The minimum atomic E-state index is -4.33. The average molecular weight is 374 g/mol. The molecule has 0 saturated heterocycles. The number of carboxylic acid groups (broad SMARTS) is 2. The molecule has 1 aromatic carbocycles. The van der Waals surface area contributed by atoms with Gasteiger partial charge < -0.3 is 20.1 Å². The standard InChI is InChI=1S/C12H14O9S.K.H/c13-1-2-20-3-4-21-22(18,19)10-6-8(11(14)15)5-9(7-10)12(16)17;;/h5-7,13H,1-4H2,(H,14,15)(H,16,17);;. The van der Waals surface area contributed by atoms with Crippen LogP contribution in [0.5, 0.6) is 0 Å². The van der Waals surface area contributed by atoms with Gasteiger partial charge in [-0.05, 0) is 18.2 Å². The summed E-state index contributed by atoms with van der Waals surface area (Å²) >= 11 is 0. The molecule has 0 bridgehead atoms. The second kappa shape index (κ2) is 10.5. The zero-order valence-electron chi connectivity index (χ0n) is 11.3. The molecular weight excluding hydrogens is 359 g/mol. The maximum absolute atomic E-state index is 11.9. The van der Waals surface area contributed by atoms with E-state index in [0.717, 1.165) is 18.2 Å². The molecule has 23 heavy (non-hydrogen) atoms. The van der Waals surface area contributed by atoms with Crippen molar-refractivity contribution >= 4 is 73.4 Å². The number of ether oxygens (including phenoxy) is 1. The number of hydrogen-bond acceptors (Lipinski definition) is 7. The normalized spacial score (nSPS) is 10.8. The van der Waals surface area contributed by atoms with Gasteiger partial charge in [-0.3, -0.25) is 4.18 Å². The summed E-state index contributed by atoms with van der Waals surface area (Å²) in [5.41, 5.74) is -0.975. The minimum absolute atomic E-state index is 0. The zero-order valence-corrected chi connectivity index (χ0v) is 12.1. The number of hydrogen-bond donors (Lipinski definition) is 3. The van der Waals surface area contributed by atoms with E-state index in [-0.39, 0.29) is 77.8 Å². The van der Waals surface area contributed by atoms with Gasteiger partial charge in [-0.25, -0.2) is 9.59 Å². The predicted octanol–water partition coefficient (Wildman–Crippen LogP) is -0.851. The van der Waals surface area contributed by atoms with E-state index in [0.29, 0.717) is 0 Å². The number of carboxylic acids is 2. The van der Waals surface area contributed by atoms with Crippen LogP contribution in [0.15, 0.2) is 23.1 Å². The average Bonchev–Trinajstić information content (AvgIpc) is 2.46. The van der Waals surface area contributed by atoms with Crippen LogP contribution < -0.4 is 0 Å². The van der Waals surface area contributed by atoms with E-state index in [9.17, 15) is 18.0 Å². The van der Waals surface area contributed by atoms with Crippen LogP contribution in [0.25, 0.3) is 0 Å². The van der Waals surface area contributed by atoms with Crippen LogP contribution in [0.2, 0.25) is 0 Å². The van der Waals surface area contributed by atoms with Gasteiger partial charge in [-0.1, -0.05) is 0 Å². The fourth-order valence-electron chi connectivity index (χ4n) is 1.43. The second-order valence-electron chi connectivity index (χ2n) is 3.97. The molecule has 0 saturated carbocycles. The van der Waals surface area contributed by atoms with Crippen molar-refractivity contribution in [2.24, 2.45) is 0 Å². The van der Waals surface area contributed by atoms with E-state index >= 15 is 0 Å². The molecule has 0 unspecified atom stereocenters. The third kappa shape index (κ3) is 7.37. The first-order valence-electron chi connectivity index (χ1n) is 5.97. The summed E-state index contributed by atoms with van der Waals surface area (Å²) in [5.74, 6) is -2.93. The van der Waals surface area contributed by atoms with Gasteiger partial charge in [0, 0.05) is 0 Å². The molecule has 3 N–H and O–H groups in total. The monoisotopic (exact) mass is 374 g/mol. The van der Waals surface area contributed by atoms with Crippen LogP contribution in [-0.4, -0.2) is 113 Å². The van der Waals surface area contributed by atoms with Crippen LogP contribution in [0.3, 0.4) is 0 Å². The molecule has 0 atom stereocenters. The Labute approximate surface area is 174 Å². The Balaban J connectivity index is 0.00000484. The van der Waals surface area contributed by atoms with Crippen LogP contribution in [0, 0.1) is 0 Å². The van der Waals surface area contributed by atoms with Crippen molar-refractivity contribution in [3.8, 4) is 0 Å². The summed E-state index contributed by atoms with van der Waals surface area (Å²) < 4.78 is 33.2. The van der Waals surface area contributed by atoms with Gasteiger partial charge in [0.1, 0.15) is 0 Å². The van der Waals surface area contributed by atoms with Crippen molar-refractivity contribution in [3.05, 3.63) is 29.3 Å². The Morgan fingerprint density at radius 2 is 1.48 bits per heavy atom. The molecule has 0 radical (unpaired) electrons. The van der Waals surface area contributed by atoms with Crippen molar-refractivity contribution in [2.45, 2.75) is 4.90 Å². The first-order valence-corrected chi connectivity index (χ1v) is 7.38. The molecule has 0 aliphatic carbocycles. The van der Waals surface area contributed by atoms with E-state index in [1.54, 1.807) is 0 Å². The number of rotatable bonds is 9. The Bertz CT molecular complexity index is 624. The van der Waals surface area contributed by atoms with Crippen molar-refractivity contribution in [1.82, 2.24) is 0 Å². The van der Waals surface area contributed by atoms with Crippen molar-refractivity contribution in [1.29, 1.82) is 0 Å². The molecule has 0 aliphatic rings. The zero-order chi connectivity index (χ0) is 16.8. The van der Waals surface area contributed by atoms with E-state index in [2.05, 4.69) is 4.18 Å². The number of aliphatic hydroxyl groups excluding tert-OH is 1. The fraction of sp³-hybridized carbons (Fsp3) is 0.333. The summed E-state index contributed by atoms with van der Waals surface area (Å²) in [4.78, 5) is 21.3. The third-order valence-corrected chi connectivity index (χ3v) is 3.68. The molecule has 0 fully saturated rings. The van der Waals surface area contributed by atoms with Gasteiger partial charge in [0.25, 0.3) is 10.1 Å². The molecule has 0 aromatic heterocycles. The molecule has 0 amide bonds.